The van der Waals surface area contributed by atoms with Crippen molar-refractivity contribution in [2.75, 3.05) is 5.32 Å². The maximum atomic E-state index is 12.1. The Kier molecular flexibility index (Phi) is 4.66. The number of halogens is 1. The lowest BCUT2D eigenvalue weighted by atomic mass is 10.2. The van der Waals surface area contributed by atoms with E-state index in [1.165, 1.54) is 6.92 Å². The molecule has 0 saturated heterocycles. The molecule has 0 radical (unpaired) electrons. The highest BCUT2D eigenvalue weighted by atomic mass is 79.9. The molecular formula is C18H14BrNO4. The number of carbonyl (C=O) groups excluding carboxylic acids is 2. The number of amides is 1. The number of rotatable bonds is 4. The van der Waals surface area contributed by atoms with Gasteiger partial charge in [0.2, 0.25) is 5.76 Å². The number of furan rings is 1. The van der Waals surface area contributed by atoms with E-state index in [-0.39, 0.29) is 5.76 Å². The van der Waals surface area contributed by atoms with E-state index in [1.54, 1.807) is 36.4 Å². The molecule has 0 bridgehead atoms. The Morgan fingerprint density at radius 3 is 2.54 bits per heavy atom. The van der Waals surface area contributed by atoms with Gasteiger partial charge in [-0.1, -0.05) is 34.1 Å². The number of benzene rings is 2. The summed E-state index contributed by atoms with van der Waals surface area (Å²) < 4.78 is 11.5. The van der Waals surface area contributed by atoms with Gasteiger partial charge in [0.15, 0.2) is 6.10 Å². The number of ether oxygens (including phenoxy) is 1. The van der Waals surface area contributed by atoms with Crippen LogP contribution in [-0.4, -0.2) is 18.0 Å². The lowest BCUT2D eigenvalue weighted by Gasteiger charge is -2.12. The molecule has 2 aromatic carbocycles. The molecule has 0 spiro atoms. The van der Waals surface area contributed by atoms with Gasteiger partial charge in [0, 0.05) is 15.5 Å². The van der Waals surface area contributed by atoms with Gasteiger partial charge < -0.3 is 14.5 Å². The Morgan fingerprint density at radius 1 is 1.12 bits per heavy atom. The van der Waals surface area contributed by atoms with Gasteiger partial charge in [-0.25, -0.2) is 4.79 Å². The fourth-order valence-electron chi connectivity index (χ4n) is 2.13. The molecule has 0 aliphatic rings. The Balaban J connectivity index is 1.64. The molecule has 1 amide bonds. The van der Waals surface area contributed by atoms with Crippen molar-refractivity contribution in [3.8, 4) is 0 Å². The predicted octanol–water partition coefficient (Wildman–Crippen LogP) is 4.38. The zero-order chi connectivity index (χ0) is 17.1. The lowest BCUT2D eigenvalue weighted by Crippen LogP contribution is -2.29. The zero-order valence-corrected chi connectivity index (χ0v) is 14.4. The molecule has 24 heavy (non-hydrogen) atoms. The molecule has 1 atom stereocenters. The second kappa shape index (κ2) is 6.88. The molecule has 1 aromatic heterocycles. The highest BCUT2D eigenvalue weighted by Crippen LogP contribution is 2.20. The van der Waals surface area contributed by atoms with E-state index in [4.69, 9.17) is 9.15 Å². The predicted molar refractivity (Wildman–Crippen MR) is 93.9 cm³/mol. The van der Waals surface area contributed by atoms with E-state index in [0.717, 1.165) is 9.86 Å². The van der Waals surface area contributed by atoms with Crippen molar-refractivity contribution >= 4 is 44.5 Å². The van der Waals surface area contributed by atoms with Gasteiger partial charge in [-0.3, -0.25) is 4.79 Å². The number of anilines is 1. The van der Waals surface area contributed by atoms with Gasteiger partial charge >= 0.3 is 5.97 Å². The van der Waals surface area contributed by atoms with Crippen molar-refractivity contribution < 1.29 is 18.7 Å². The molecule has 0 fully saturated rings. The number of para-hydroxylation sites is 1. The highest BCUT2D eigenvalue weighted by Gasteiger charge is 2.21. The number of carbonyl (C=O) groups is 2. The molecule has 1 N–H and O–H groups in total. The molecule has 5 nitrogen and oxygen atoms in total. The molecule has 0 aliphatic heterocycles. The summed E-state index contributed by atoms with van der Waals surface area (Å²) in [5.41, 5.74) is 1.21. The molecule has 3 rings (SSSR count). The normalized spacial score (nSPS) is 11.9. The Morgan fingerprint density at radius 2 is 1.83 bits per heavy atom. The summed E-state index contributed by atoms with van der Waals surface area (Å²) in [6.45, 7) is 1.51. The largest absolute Gasteiger partial charge is 0.449 e. The van der Waals surface area contributed by atoms with E-state index in [0.29, 0.717) is 11.3 Å². The molecular weight excluding hydrogens is 374 g/mol. The molecule has 1 heterocycles. The fraction of sp³-hybridized carbons (Fsp3) is 0.111. The quantitative estimate of drug-likeness (QED) is 0.674. The van der Waals surface area contributed by atoms with Crippen molar-refractivity contribution in [1.82, 2.24) is 0 Å². The van der Waals surface area contributed by atoms with Gasteiger partial charge in [-0.2, -0.15) is 0 Å². The van der Waals surface area contributed by atoms with Crippen LogP contribution in [0.5, 0.6) is 0 Å². The summed E-state index contributed by atoms with van der Waals surface area (Å²) in [6.07, 6.45) is -0.950. The monoisotopic (exact) mass is 387 g/mol. The molecule has 6 heteroatoms. The first-order valence-corrected chi connectivity index (χ1v) is 8.08. The average molecular weight is 388 g/mol. The summed E-state index contributed by atoms with van der Waals surface area (Å²) in [4.78, 5) is 24.2. The third kappa shape index (κ3) is 3.65. The van der Waals surface area contributed by atoms with Crippen LogP contribution in [0.1, 0.15) is 17.5 Å². The number of nitrogens with one attached hydrogen (secondary N) is 1. The minimum absolute atomic E-state index is 0.0690. The van der Waals surface area contributed by atoms with E-state index in [9.17, 15) is 9.59 Å². The van der Waals surface area contributed by atoms with Crippen LogP contribution >= 0.6 is 15.9 Å². The van der Waals surface area contributed by atoms with Crippen molar-refractivity contribution in [3.63, 3.8) is 0 Å². The van der Waals surface area contributed by atoms with Crippen LogP contribution in [-0.2, 0) is 9.53 Å². The molecule has 3 aromatic rings. The first kappa shape index (κ1) is 16.3. The van der Waals surface area contributed by atoms with E-state index < -0.39 is 18.0 Å². The van der Waals surface area contributed by atoms with Crippen LogP contribution in [0.25, 0.3) is 11.0 Å². The van der Waals surface area contributed by atoms with Gasteiger partial charge in [-0.05, 0) is 43.3 Å². The Hall–Kier alpha value is -2.60. The average Bonchev–Trinajstić information content (AvgIpc) is 3.01. The smallest absolute Gasteiger partial charge is 0.375 e. The van der Waals surface area contributed by atoms with E-state index in [2.05, 4.69) is 21.2 Å². The van der Waals surface area contributed by atoms with Gasteiger partial charge in [0.25, 0.3) is 5.91 Å². The minimum atomic E-state index is -0.950. The van der Waals surface area contributed by atoms with Crippen molar-refractivity contribution in [1.29, 1.82) is 0 Å². The highest BCUT2D eigenvalue weighted by molar-refractivity contribution is 9.10. The summed E-state index contributed by atoms with van der Waals surface area (Å²) in [5.74, 6) is -1.02. The Labute approximate surface area is 146 Å². The minimum Gasteiger partial charge on any atom is -0.449 e. The van der Waals surface area contributed by atoms with Crippen molar-refractivity contribution in [3.05, 3.63) is 64.8 Å². The first-order valence-electron chi connectivity index (χ1n) is 7.29. The Bertz CT molecular complexity index is 852. The fourth-order valence-corrected chi connectivity index (χ4v) is 2.40. The number of fused-ring (bicyclic) bond motifs is 1. The zero-order valence-electron chi connectivity index (χ0n) is 12.8. The summed E-state index contributed by atoms with van der Waals surface area (Å²) in [5, 5.41) is 3.49. The van der Waals surface area contributed by atoms with Crippen LogP contribution in [0.3, 0.4) is 0 Å². The van der Waals surface area contributed by atoms with Crippen LogP contribution < -0.4 is 5.32 Å². The lowest BCUT2D eigenvalue weighted by molar-refractivity contribution is -0.123. The van der Waals surface area contributed by atoms with Crippen LogP contribution in [0.15, 0.2) is 63.5 Å². The standard InChI is InChI=1S/C18H14BrNO4/c1-11(17(21)20-14-8-6-13(19)7-9-14)23-18(22)16-10-12-4-2-3-5-15(12)24-16/h2-11H,1H3,(H,20,21). The second-order valence-electron chi connectivity index (χ2n) is 5.19. The third-order valence-electron chi connectivity index (χ3n) is 3.39. The molecule has 0 aliphatic carbocycles. The SMILES string of the molecule is CC(OC(=O)c1cc2ccccc2o1)C(=O)Nc1ccc(Br)cc1. The maximum Gasteiger partial charge on any atom is 0.375 e. The molecule has 0 saturated carbocycles. The summed E-state index contributed by atoms with van der Waals surface area (Å²) in [7, 11) is 0. The van der Waals surface area contributed by atoms with Crippen molar-refractivity contribution in [2.45, 2.75) is 13.0 Å². The van der Waals surface area contributed by atoms with Crippen LogP contribution in [0.2, 0.25) is 0 Å². The molecule has 122 valence electrons. The van der Waals surface area contributed by atoms with Crippen molar-refractivity contribution in [2.24, 2.45) is 0 Å². The topological polar surface area (TPSA) is 68.5 Å². The summed E-state index contributed by atoms with van der Waals surface area (Å²) in [6, 6.07) is 16.0. The van der Waals surface area contributed by atoms with Gasteiger partial charge in [0.1, 0.15) is 5.58 Å². The van der Waals surface area contributed by atoms with Gasteiger partial charge in [0.05, 0.1) is 0 Å². The second-order valence-corrected chi connectivity index (χ2v) is 6.11. The van der Waals surface area contributed by atoms with E-state index >= 15 is 0 Å². The number of hydrogen-bond acceptors (Lipinski definition) is 4. The number of hydrogen-bond donors (Lipinski definition) is 1. The van der Waals surface area contributed by atoms with Crippen LogP contribution in [0, 0.1) is 0 Å². The third-order valence-corrected chi connectivity index (χ3v) is 3.92. The first-order chi connectivity index (χ1) is 11.5. The van der Waals surface area contributed by atoms with Gasteiger partial charge in [-0.15, -0.1) is 0 Å². The molecule has 1 unspecified atom stereocenters. The maximum absolute atomic E-state index is 12.1. The van der Waals surface area contributed by atoms with Crippen LogP contribution in [0.4, 0.5) is 5.69 Å². The summed E-state index contributed by atoms with van der Waals surface area (Å²) >= 11 is 3.32. The van der Waals surface area contributed by atoms with E-state index in [1.807, 2.05) is 18.2 Å². The number of esters is 1.